The number of anilines is 1. The van der Waals surface area contributed by atoms with E-state index in [2.05, 4.69) is 58.4 Å². The van der Waals surface area contributed by atoms with Crippen molar-refractivity contribution < 1.29 is 9.53 Å². The number of piperazine rings is 1. The van der Waals surface area contributed by atoms with Crippen LogP contribution < -0.4 is 4.90 Å². The lowest BCUT2D eigenvalue weighted by Gasteiger charge is -2.37. The minimum absolute atomic E-state index is 0.233. The van der Waals surface area contributed by atoms with Gasteiger partial charge in [0.2, 0.25) is 0 Å². The Kier molecular flexibility index (Phi) is 5.86. The van der Waals surface area contributed by atoms with E-state index in [1.54, 1.807) is 16.7 Å². The van der Waals surface area contributed by atoms with Gasteiger partial charge in [0.15, 0.2) is 0 Å². The van der Waals surface area contributed by atoms with Crippen LogP contribution in [-0.2, 0) is 4.74 Å². The van der Waals surface area contributed by atoms with Crippen LogP contribution in [0.5, 0.6) is 0 Å². The number of hydrogen-bond donors (Lipinski definition) is 0. The molecule has 0 radical (unpaired) electrons. The lowest BCUT2D eigenvalue weighted by atomic mass is 10.1. The van der Waals surface area contributed by atoms with E-state index in [4.69, 9.17) is 4.74 Å². The molecule has 4 rings (SSSR count). The fourth-order valence-electron chi connectivity index (χ4n) is 3.53. The second kappa shape index (κ2) is 8.56. The molecule has 1 aliphatic heterocycles. The SMILES string of the molecule is CC(C)(C)OC(=O)N1CCN(c2ccnc3ccc(Sc4ccccc4)cc23)CC1. The monoisotopic (exact) mass is 421 g/mol. The van der Waals surface area contributed by atoms with Gasteiger partial charge in [-0.05, 0) is 57.2 Å². The number of fused-ring (bicyclic) bond motifs is 1. The van der Waals surface area contributed by atoms with Crippen molar-refractivity contribution in [2.75, 3.05) is 31.1 Å². The van der Waals surface area contributed by atoms with E-state index in [1.165, 1.54) is 15.5 Å². The summed E-state index contributed by atoms with van der Waals surface area (Å²) in [4.78, 5) is 23.4. The summed E-state index contributed by atoms with van der Waals surface area (Å²) in [5.41, 5.74) is 1.68. The van der Waals surface area contributed by atoms with Crippen LogP contribution in [0.2, 0.25) is 0 Å². The Labute approximate surface area is 182 Å². The molecule has 30 heavy (non-hydrogen) atoms. The maximum Gasteiger partial charge on any atom is 0.410 e. The quantitative estimate of drug-likeness (QED) is 0.563. The first-order valence-corrected chi connectivity index (χ1v) is 11.1. The van der Waals surface area contributed by atoms with Crippen LogP contribution in [0.4, 0.5) is 10.5 Å². The third-order valence-corrected chi connectivity index (χ3v) is 5.94. The predicted molar refractivity (Wildman–Crippen MR) is 122 cm³/mol. The normalized spacial score (nSPS) is 14.8. The molecule has 6 heteroatoms. The van der Waals surface area contributed by atoms with Gasteiger partial charge in [0.1, 0.15) is 5.60 Å². The molecule has 1 aromatic heterocycles. The molecule has 2 heterocycles. The lowest BCUT2D eigenvalue weighted by molar-refractivity contribution is 0.0240. The van der Waals surface area contributed by atoms with Crippen LogP contribution in [0.3, 0.4) is 0 Å². The van der Waals surface area contributed by atoms with Gasteiger partial charge in [0.25, 0.3) is 0 Å². The van der Waals surface area contributed by atoms with Gasteiger partial charge in [0.05, 0.1) is 5.52 Å². The maximum atomic E-state index is 12.4. The van der Waals surface area contributed by atoms with E-state index >= 15 is 0 Å². The first-order chi connectivity index (χ1) is 14.4. The number of amides is 1. The highest BCUT2D eigenvalue weighted by Gasteiger charge is 2.26. The van der Waals surface area contributed by atoms with Crippen molar-refractivity contribution >= 4 is 34.4 Å². The largest absolute Gasteiger partial charge is 0.444 e. The van der Waals surface area contributed by atoms with Crippen molar-refractivity contribution in [1.82, 2.24) is 9.88 Å². The third kappa shape index (κ3) is 4.87. The van der Waals surface area contributed by atoms with E-state index < -0.39 is 5.60 Å². The Hall–Kier alpha value is -2.73. The number of benzene rings is 2. The van der Waals surface area contributed by atoms with Crippen molar-refractivity contribution in [3.63, 3.8) is 0 Å². The molecule has 0 aliphatic carbocycles. The molecule has 0 saturated carbocycles. The van der Waals surface area contributed by atoms with Gasteiger partial charge in [-0.15, -0.1) is 0 Å². The zero-order chi connectivity index (χ0) is 21.1. The zero-order valence-electron chi connectivity index (χ0n) is 17.7. The first-order valence-electron chi connectivity index (χ1n) is 10.2. The van der Waals surface area contributed by atoms with E-state index in [0.717, 1.165) is 24.0 Å². The molecule has 1 fully saturated rings. The summed E-state index contributed by atoms with van der Waals surface area (Å²) in [6, 6.07) is 18.9. The molecule has 2 aromatic carbocycles. The number of pyridine rings is 1. The summed E-state index contributed by atoms with van der Waals surface area (Å²) in [6.45, 7) is 8.54. The molecule has 0 N–H and O–H groups in total. The highest BCUT2D eigenvalue weighted by Crippen LogP contribution is 2.33. The summed E-state index contributed by atoms with van der Waals surface area (Å²) >= 11 is 1.75. The molecule has 5 nitrogen and oxygen atoms in total. The molecule has 3 aromatic rings. The topological polar surface area (TPSA) is 45.7 Å². The van der Waals surface area contributed by atoms with Crippen LogP contribution >= 0.6 is 11.8 Å². The molecular weight excluding hydrogens is 394 g/mol. The highest BCUT2D eigenvalue weighted by atomic mass is 32.2. The summed E-state index contributed by atoms with van der Waals surface area (Å²) in [5.74, 6) is 0. The number of carbonyl (C=O) groups is 1. The van der Waals surface area contributed by atoms with Gasteiger partial charge < -0.3 is 14.5 Å². The van der Waals surface area contributed by atoms with E-state index in [9.17, 15) is 4.79 Å². The Morgan fingerprint density at radius 2 is 1.70 bits per heavy atom. The van der Waals surface area contributed by atoms with Gasteiger partial charge in [-0.2, -0.15) is 0 Å². The van der Waals surface area contributed by atoms with Crippen molar-refractivity contribution in [3.05, 3.63) is 60.8 Å². The minimum Gasteiger partial charge on any atom is -0.444 e. The number of ether oxygens (including phenoxy) is 1. The van der Waals surface area contributed by atoms with Gasteiger partial charge in [0, 0.05) is 53.2 Å². The van der Waals surface area contributed by atoms with Crippen LogP contribution in [0.15, 0.2) is 70.6 Å². The van der Waals surface area contributed by atoms with Crippen molar-refractivity contribution in [2.24, 2.45) is 0 Å². The van der Waals surface area contributed by atoms with Gasteiger partial charge in [-0.3, -0.25) is 4.98 Å². The van der Waals surface area contributed by atoms with Gasteiger partial charge in [-0.25, -0.2) is 4.79 Å². The molecule has 1 saturated heterocycles. The van der Waals surface area contributed by atoms with Crippen LogP contribution in [0.1, 0.15) is 20.8 Å². The highest BCUT2D eigenvalue weighted by molar-refractivity contribution is 7.99. The Balaban J connectivity index is 1.51. The van der Waals surface area contributed by atoms with Crippen LogP contribution in [0.25, 0.3) is 10.9 Å². The summed E-state index contributed by atoms with van der Waals surface area (Å²) < 4.78 is 5.52. The molecular formula is C24H27N3O2S. The van der Waals surface area contributed by atoms with Crippen molar-refractivity contribution in [3.8, 4) is 0 Å². The molecule has 1 amide bonds. The second-order valence-electron chi connectivity index (χ2n) is 8.38. The minimum atomic E-state index is -0.470. The lowest BCUT2D eigenvalue weighted by Crippen LogP contribution is -2.50. The van der Waals surface area contributed by atoms with Gasteiger partial charge in [-0.1, -0.05) is 30.0 Å². The smallest absolute Gasteiger partial charge is 0.410 e. The second-order valence-corrected chi connectivity index (χ2v) is 9.53. The zero-order valence-corrected chi connectivity index (χ0v) is 18.5. The Morgan fingerprint density at radius 3 is 2.40 bits per heavy atom. The Morgan fingerprint density at radius 1 is 0.967 bits per heavy atom. The summed E-state index contributed by atoms with van der Waals surface area (Å²) in [7, 11) is 0. The van der Waals surface area contributed by atoms with Crippen molar-refractivity contribution in [1.29, 1.82) is 0 Å². The van der Waals surface area contributed by atoms with E-state index in [-0.39, 0.29) is 6.09 Å². The molecule has 0 spiro atoms. The first kappa shape index (κ1) is 20.5. The van der Waals surface area contributed by atoms with Crippen molar-refractivity contribution in [2.45, 2.75) is 36.2 Å². The summed E-state index contributed by atoms with van der Waals surface area (Å²) in [5, 5.41) is 1.14. The molecule has 0 atom stereocenters. The average Bonchev–Trinajstić information content (AvgIpc) is 2.73. The molecule has 1 aliphatic rings. The number of carbonyl (C=O) groups excluding carboxylic acids is 1. The fourth-order valence-corrected chi connectivity index (χ4v) is 4.41. The predicted octanol–water partition coefficient (Wildman–Crippen LogP) is 5.44. The number of aromatic nitrogens is 1. The molecule has 0 bridgehead atoms. The number of rotatable bonds is 3. The van der Waals surface area contributed by atoms with Crippen LogP contribution in [0, 0.1) is 0 Å². The van der Waals surface area contributed by atoms with E-state index in [0.29, 0.717) is 13.1 Å². The molecule has 156 valence electrons. The van der Waals surface area contributed by atoms with Gasteiger partial charge >= 0.3 is 6.09 Å². The molecule has 0 unspecified atom stereocenters. The standard InChI is InChI=1S/C24H27N3O2S/c1-24(2,3)29-23(28)27-15-13-26(14-16-27)22-11-12-25-21-10-9-19(17-20(21)22)30-18-7-5-4-6-8-18/h4-12,17H,13-16H2,1-3H3. The fraction of sp³-hybridized carbons (Fsp3) is 0.333. The average molecular weight is 422 g/mol. The van der Waals surface area contributed by atoms with Crippen LogP contribution in [-0.4, -0.2) is 47.8 Å². The maximum absolute atomic E-state index is 12.4. The van der Waals surface area contributed by atoms with E-state index in [1.807, 2.05) is 33.0 Å². The number of hydrogen-bond acceptors (Lipinski definition) is 5. The Bertz CT molecular complexity index is 1030. The summed E-state index contributed by atoms with van der Waals surface area (Å²) in [6.07, 6.45) is 1.63. The number of nitrogens with zero attached hydrogens (tertiary/aromatic N) is 3. The third-order valence-electron chi connectivity index (χ3n) is 4.94.